The van der Waals surface area contributed by atoms with E-state index < -0.39 is 0 Å². The highest BCUT2D eigenvalue weighted by Crippen LogP contribution is 2.29. The molecule has 0 unspecified atom stereocenters. The normalized spacial score (nSPS) is 16.1. The number of hydrogen-bond donors (Lipinski definition) is 1. The SMILES string of the molecule is Cc1ccc(C(C#N)=C2CCNCC2)s1. The molecular weight excluding hydrogens is 204 g/mol. The number of rotatable bonds is 1. The van der Waals surface area contributed by atoms with E-state index in [0.29, 0.717) is 0 Å². The average molecular weight is 218 g/mol. The minimum atomic E-state index is 0.912. The molecule has 2 heterocycles. The second-order valence-corrected chi connectivity index (χ2v) is 5.04. The lowest BCUT2D eigenvalue weighted by Gasteiger charge is -2.16. The van der Waals surface area contributed by atoms with Gasteiger partial charge in [0, 0.05) is 9.75 Å². The summed E-state index contributed by atoms with van der Waals surface area (Å²) in [6.07, 6.45) is 2.03. The first-order valence-corrected chi connectivity index (χ1v) is 6.02. The van der Waals surface area contributed by atoms with Gasteiger partial charge >= 0.3 is 0 Å². The molecule has 15 heavy (non-hydrogen) atoms. The van der Waals surface area contributed by atoms with Crippen LogP contribution in [0.1, 0.15) is 22.6 Å². The Morgan fingerprint density at radius 2 is 2.13 bits per heavy atom. The summed E-state index contributed by atoms with van der Waals surface area (Å²) >= 11 is 1.71. The first-order chi connectivity index (χ1) is 7.31. The van der Waals surface area contributed by atoms with E-state index in [2.05, 4.69) is 30.4 Å². The van der Waals surface area contributed by atoms with Crippen LogP contribution in [0.5, 0.6) is 0 Å². The minimum Gasteiger partial charge on any atom is -0.316 e. The van der Waals surface area contributed by atoms with Gasteiger partial charge in [-0.25, -0.2) is 0 Å². The van der Waals surface area contributed by atoms with Gasteiger partial charge in [-0.1, -0.05) is 0 Å². The quantitative estimate of drug-likeness (QED) is 0.736. The summed E-state index contributed by atoms with van der Waals surface area (Å²) in [4.78, 5) is 2.40. The molecule has 0 atom stereocenters. The van der Waals surface area contributed by atoms with Crippen molar-refractivity contribution in [3.8, 4) is 6.07 Å². The van der Waals surface area contributed by atoms with Crippen LogP contribution in [0.2, 0.25) is 0 Å². The predicted molar refractivity (Wildman–Crippen MR) is 63.7 cm³/mol. The Morgan fingerprint density at radius 3 is 2.67 bits per heavy atom. The number of thiophene rings is 1. The summed E-state index contributed by atoms with van der Waals surface area (Å²) in [5, 5.41) is 12.5. The molecule has 1 saturated heterocycles. The van der Waals surface area contributed by atoms with Crippen molar-refractivity contribution in [1.29, 1.82) is 5.26 Å². The van der Waals surface area contributed by atoms with E-state index in [4.69, 9.17) is 0 Å². The highest BCUT2D eigenvalue weighted by atomic mass is 32.1. The molecule has 0 aliphatic carbocycles. The Bertz CT molecular complexity index is 415. The molecule has 1 N–H and O–H groups in total. The van der Waals surface area contributed by atoms with E-state index in [1.165, 1.54) is 10.5 Å². The second-order valence-electron chi connectivity index (χ2n) is 3.75. The zero-order chi connectivity index (χ0) is 10.7. The number of nitrogens with zero attached hydrogens (tertiary/aromatic N) is 1. The van der Waals surface area contributed by atoms with Crippen LogP contribution in [0.4, 0.5) is 0 Å². The van der Waals surface area contributed by atoms with Crippen molar-refractivity contribution in [3.63, 3.8) is 0 Å². The van der Waals surface area contributed by atoms with E-state index in [1.807, 2.05) is 0 Å². The molecule has 1 aromatic rings. The maximum Gasteiger partial charge on any atom is 0.101 e. The van der Waals surface area contributed by atoms with E-state index in [9.17, 15) is 5.26 Å². The maximum absolute atomic E-state index is 9.22. The molecule has 1 aliphatic rings. The fourth-order valence-corrected chi connectivity index (χ4v) is 2.77. The fourth-order valence-electron chi connectivity index (χ4n) is 1.86. The number of nitrogens with one attached hydrogen (secondary N) is 1. The fraction of sp³-hybridized carbons (Fsp3) is 0.417. The monoisotopic (exact) mass is 218 g/mol. The number of piperidine rings is 1. The van der Waals surface area contributed by atoms with Gasteiger partial charge in [0.15, 0.2) is 0 Å². The molecule has 78 valence electrons. The molecule has 0 amide bonds. The summed E-state index contributed by atoms with van der Waals surface area (Å²) in [5.41, 5.74) is 2.23. The molecule has 2 rings (SSSR count). The van der Waals surface area contributed by atoms with E-state index >= 15 is 0 Å². The number of hydrogen-bond acceptors (Lipinski definition) is 3. The van der Waals surface area contributed by atoms with Crippen LogP contribution in [0.25, 0.3) is 5.57 Å². The molecule has 1 fully saturated rings. The molecule has 0 bridgehead atoms. The van der Waals surface area contributed by atoms with E-state index in [-0.39, 0.29) is 0 Å². The van der Waals surface area contributed by atoms with Gasteiger partial charge in [-0.15, -0.1) is 11.3 Å². The predicted octanol–water partition coefficient (Wildman–Crippen LogP) is 2.72. The van der Waals surface area contributed by atoms with Gasteiger partial charge in [-0.3, -0.25) is 0 Å². The third-order valence-corrected chi connectivity index (χ3v) is 3.68. The van der Waals surface area contributed by atoms with Crippen LogP contribution in [0, 0.1) is 18.3 Å². The number of nitriles is 1. The van der Waals surface area contributed by atoms with Crippen LogP contribution in [-0.2, 0) is 0 Å². The Balaban J connectivity index is 2.34. The number of aryl methyl sites for hydroxylation is 1. The van der Waals surface area contributed by atoms with Crippen molar-refractivity contribution in [1.82, 2.24) is 5.32 Å². The second kappa shape index (κ2) is 4.61. The lowest BCUT2D eigenvalue weighted by Crippen LogP contribution is -2.23. The standard InChI is InChI=1S/C12H14N2S/c1-9-2-3-12(15-9)11(8-13)10-4-6-14-7-5-10/h2-3,14H,4-7H2,1H3. The average Bonchev–Trinajstić information content (AvgIpc) is 2.68. The topological polar surface area (TPSA) is 35.8 Å². The van der Waals surface area contributed by atoms with Crippen molar-refractivity contribution < 1.29 is 0 Å². The van der Waals surface area contributed by atoms with Crippen molar-refractivity contribution in [3.05, 3.63) is 27.5 Å². The van der Waals surface area contributed by atoms with Gasteiger partial charge in [0.2, 0.25) is 0 Å². The van der Waals surface area contributed by atoms with Crippen LogP contribution in [0.3, 0.4) is 0 Å². The molecule has 0 saturated carbocycles. The van der Waals surface area contributed by atoms with Crippen LogP contribution in [0.15, 0.2) is 17.7 Å². The lowest BCUT2D eigenvalue weighted by atomic mass is 9.99. The maximum atomic E-state index is 9.22. The van der Waals surface area contributed by atoms with Crippen molar-refractivity contribution in [2.45, 2.75) is 19.8 Å². The van der Waals surface area contributed by atoms with Gasteiger partial charge in [0.05, 0.1) is 5.57 Å². The number of allylic oxidation sites excluding steroid dienone is 1. The Labute approximate surface area is 94.2 Å². The largest absolute Gasteiger partial charge is 0.316 e. The molecule has 3 heteroatoms. The summed E-state index contributed by atoms with van der Waals surface area (Å²) in [5.74, 6) is 0. The van der Waals surface area contributed by atoms with Gasteiger partial charge in [0.25, 0.3) is 0 Å². The van der Waals surface area contributed by atoms with Gasteiger partial charge in [0.1, 0.15) is 6.07 Å². The summed E-state index contributed by atoms with van der Waals surface area (Å²) in [6.45, 7) is 4.09. The van der Waals surface area contributed by atoms with Crippen LogP contribution >= 0.6 is 11.3 Å². The summed E-state index contributed by atoms with van der Waals surface area (Å²) in [7, 11) is 0. The molecule has 2 nitrogen and oxygen atoms in total. The van der Waals surface area contributed by atoms with Gasteiger partial charge in [-0.05, 0) is 50.6 Å². The van der Waals surface area contributed by atoms with Gasteiger partial charge in [-0.2, -0.15) is 5.26 Å². The first kappa shape index (κ1) is 10.4. The molecule has 0 aromatic carbocycles. The van der Waals surface area contributed by atoms with Crippen molar-refractivity contribution in [2.75, 3.05) is 13.1 Å². The van der Waals surface area contributed by atoms with Crippen LogP contribution < -0.4 is 5.32 Å². The van der Waals surface area contributed by atoms with Crippen molar-refractivity contribution >= 4 is 16.9 Å². The Hall–Kier alpha value is -1.11. The smallest absolute Gasteiger partial charge is 0.101 e. The highest BCUT2D eigenvalue weighted by Gasteiger charge is 2.13. The van der Waals surface area contributed by atoms with Crippen LogP contribution in [-0.4, -0.2) is 13.1 Å². The minimum absolute atomic E-state index is 0.912. The first-order valence-electron chi connectivity index (χ1n) is 5.21. The Kier molecular flexibility index (Phi) is 3.20. The zero-order valence-corrected chi connectivity index (χ0v) is 9.66. The lowest BCUT2D eigenvalue weighted by molar-refractivity contribution is 0.612. The summed E-state index contributed by atoms with van der Waals surface area (Å²) in [6, 6.07) is 6.51. The highest BCUT2D eigenvalue weighted by molar-refractivity contribution is 7.13. The molecule has 0 spiro atoms. The third kappa shape index (κ3) is 2.28. The third-order valence-electron chi connectivity index (χ3n) is 2.66. The molecule has 1 aromatic heterocycles. The molecule has 0 radical (unpaired) electrons. The van der Waals surface area contributed by atoms with E-state index in [0.717, 1.165) is 36.4 Å². The van der Waals surface area contributed by atoms with E-state index in [1.54, 1.807) is 11.3 Å². The molecular formula is C12H14N2S. The Morgan fingerprint density at radius 1 is 1.40 bits per heavy atom. The zero-order valence-electron chi connectivity index (χ0n) is 8.84. The van der Waals surface area contributed by atoms with Gasteiger partial charge < -0.3 is 5.32 Å². The van der Waals surface area contributed by atoms with Crippen molar-refractivity contribution in [2.24, 2.45) is 0 Å². The molecule has 1 aliphatic heterocycles. The summed E-state index contributed by atoms with van der Waals surface area (Å²) < 4.78 is 0.